The lowest BCUT2D eigenvalue weighted by molar-refractivity contribution is -0.132. The number of carbonyl (C=O) groups excluding carboxylic acids is 1. The third-order valence-electron chi connectivity index (χ3n) is 5.91. The van der Waals surface area contributed by atoms with Crippen molar-refractivity contribution in [3.63, 3.8) is 0 Å². The van der Waals surface area contributed by atoms with E-state index in [9.17, 15) is 4.79 Å². The molecule has 2 heterocycles. The van der Waals surface area contributed by atoms with Crippen LogP contribution in [-0.4, -0.2) is 36.3 Å². The van der Waals surface area contributed by atoms with Crippen LogP contribution in [0.5, 0.6) is 0 Å². The van der Waals surface area contributed by atoms with Crippen LogP contribution >= 0.6 is 12.4 Å². The van der Waals surface area contributed by atoms with Crippen LogP contribution in [-0.2, 0) is 43.6 Å². The minimum Gasteiger partial charge on any atom is -0.464 e. The molecule has 3 aromatic rings. The van der Waals surface area contributed by atoms with E-state index in [0.29, 0.717) is 13.0 Å². The van der Waals surface area contributed by atoms with Gasteiger partial charge in [0, 0.05) is 31.5 Å². The molecule has 0 spiro atoms. The van der Waals surface area contributed by atoms with Crippen LogP contribution in [0.3, 0.4) is 0 Å². The first-order valence-electron chi connectivity index (χ1n) is 11.2. The maximum atomic E-state index is 12.8. The van der Waals surface area contributed by atoms with Gasteiger partial charge in [0.2, 0.25) is 5.91 Å². The summed E-state index contributed by atoms with van der Waals surface area (Å²) >= 11 is 0. The normalized spacial score (nSPS) is 13.0. The number of hydrogen-bond acceptors (Lipinski definition) is 3. The van der Waals surface area contributed by atoms with Crippen molar-refractivity contribution in [3.05, 3.63) is 94.4 Å². The highest BCUT2D eigenvalue weighted by atomic mass is 35.5. The van der Waals surface area contributed by atoms with Crippen molar-refractivity contribution in [2.75, 3.05) is 20.6 Å². The Hall–Kier alpha value is -2.56. The maximum absolute atomic E-state index is 12.8. The molecule has 32 heavy (non-hydrogen) atoms. The van der Waals surface area contributed by atoms with Gasteiger partial charge in [-0.2, -0.15) is 0 Å². The van der Waals surface area contributed by atoms with E-state index in [1.807, 2.05) is 19.0 Å². The average Bonchev–Trinajstić information content (AvgIpc) is 3.17. The van der Waals surface area contributed by atoms with E-state index >= 15 is 0 Å². The van der Waals surface area contributed by atoms with Gasteiger partial charge in [-0.15, -0.1) is 12.4 Å². The standard InChI is InChI=1S/C27H32N2O2.ClH/c1-28(2)20-25-18-24-19-29(16-15-26(24)31-25)27(30)14-13-23-10-6-9-22(17-23)12-11-21-7-4-3-5-8-21;/h3-10,17-18H,11-16,19-20H2,1-2H3;1H. The molecule has 0 atom stereocenters. The zero-order chi connectivity index (χ0) is 21.6. The minimum absolute atomic E-state index is 0. The summed E-state index contributed by atoms with van der Waals surface area (Å²) in [5, 5.41) is 0. The number of benzene rings is 2. The van der Waals surface area contributed by atoms with Gasteiger partial charge in [0.05, 0.1) is 6.54 Å². The molecule has 0 fully saturated rings. The van der Waals surface area contributed by atoms with E-state index in [1.54, 1.807) is 0 Å². The molecule has 0 saturated heterocycles. The SMILES string of the molecule is CN(C)Cc1cc2c(o1)CCN(C(=O)CCc1cccc(CCc3ccccc3)c1)C2.Cl. The number of fused-ring (bicyclic) bond motifs is 1. The number of halogens is 1. The number of rotatable bonds is 8. The van der Waals surface area contributed by atoms with Gasteiger partial charge in [-0.1, -0.05) is 54.6 Å². The summed E-state index contributed by atoms with van der Waals surface area (Å²) in [6.07, 6.45) is 4.22. The van der Waals surface area contributed by atoms with E-state index in [4.69, 9.17) is 4.42 Å². The van der Waals surface area contributed by atoms with Gasteiger partial charge >= 0.3 is 0 Å². The van der Waals surface area contributed by atoms with Crippen LogP contribution < -0.4 is 0 Å². The first kappa shape index (κ1) is 24.1. The maximum Gasteiger partial charge on any atom is 0.223 e. The van der Waals surface area contributed by atoms with Gasteiger partial charge in [-0.3, -0.25) is 4.79 Å². The van der Waals surface area contributed by atoms with Crippen molar-refractivity contribution in [3.8, 4) is 0 Å². The molecule has 1 amide bonds. The lowest BCUT2D eigenvalue weighted by atomic mass is 10.0. The summed E-state index contributed by atoms with van der Waals surface area (Å²) in [6.45, 7) is 2.21. The van der Waals surface area contributed by atoms with Crippen LogP contribution in [0.1, 0.15) is 40.2 Å². The third-order valence-corrected chi connectivity index (χ3v) is 5.91. The zero-order valence-corrected chi connectivity index (χ0v) is 19.9. The van der Waals surface area contributed by atoms with Gasteiger partial charge in [-0.25, -0.2) is 0 Å². The summed E-state index contributed by atoms with van der Waals surface area (Å²) in [5.74, 6) is 2.26. The van der Waals surface area contributed by atoms with Gasteiger partial charge in [0.25, 0.3) is 0 Å². The molecular formula is C27H33ClN2O2. The second-order valence-corrected chi connectivity index (χ2v) is 8.77. The number of nitrogens with zero attached hydrogens (tertiary/aromatic N) is 2. The summed E-state index contributed by atoms with van der Waals surface area (Å²) < 4.78 is 5.96. The highest BCUT2D eigenvalue weighted by molar-refractivity contribution is 5.85. The van der Waals surface area contributed by atoms with E-state index in [2.05, 4.69) is 65.6 Å². The molecule has 0 bridgehead atoms. The van der Waals surface area contributed by atoms with Crippen molar-refractivity contribution in [1.82, 2.24) is 9.80 Å². The Labute approximate surface area is 197 Å². The monoisotopic (exact) mass is 452 g/mol. The van der Waals surface area contributed by atoms with Crippen LogP contribution in [0.25, 0.3) is 0 Å². The van der Waals surface area contributed by atoms with Crippen molar-refractivity contribution >= 4 is 18.3 Å². The molecule has 1 aliphatic rings. The van der Waals surface area contributed by atoms with E-state index < -0.39 is 0 Å². The van der Waals surface area contributed by atoms with Crippen molar-refractivity contribution in [2.45, 2.75) is 45.2 Å². The Kier molecular flexibility index (Phi) is 8.54. The van der Waals surface area contributed by atoms with E-state index in [-0.39, 0.29) is 18.3 Å². The number of furan rings is 1. The van der Waals surface area contributed by atoms with Gasteiger partial charge in [0.1, 0.15) is 11.5 Å². The fourth-order valence-corrected chi connectivity index (χ4v) is 4.28. The fourth-order valence-electron chi connectivity index (χ4n) is 4.28. The summed E-state index contributed by atoms with van der Waals surface area (Å²) in [4.78, 5) is 16.9. The molecular weight excluding hydrogens is 420 g/mol. The number of hydrogen-bond donors (Lipinski definition) is 0. The van der Waals surface area contributed by atoms with E-state index in [0.717, 1.165) is 50.3 Å². The van der Waals surface area contributed by atoms with Crippen molar-refractivity contribution in [1.29, 1.82) is 0 Å². The fraction of sp³-hybridized carbons (Fsp3) is 0.370. The van der Waals surface area contributed by atoms with Crippen molar-refractivity contribution < 1.29 is 9.21 Å². The van der Waals surface area contributed by atoms with Crippen molar-refractivity contribution in [2.24, 2.45) is 0 Å². The Morgan fingerprint density at radius 3 is 2.38 bits per heavy atom. The van der Waals surface area contributed by atoms with Gasteiger partial charge in [-0.05, 0) is 56.1 Å². The van der Waals surface area contributed by atoms with E-state index in [1.165, 1.54) is 22.3 Å². The largest absolute Gasteiger partial charge is 0.464 e. The highest BCUT2D eigenvalue weighted by Gasteiger charge is 2.24. The Morgan fingerprint density at radius 1 is 0.938 bits per heavy atom. The predicted molar refractivity (Wildman–Crippen MR) is 131 cm³/mol. The Bertz CT molecular complexity index is 1010. The van der Waals surface area contributed by atoms with Crippen LogP contribution in [0.2, 0.25) is 0 Å². The Balaban J connectivity index is 0.00000289. The number of aryl methyl sites for hydroxylation is 3. The molecule has 0 unspecified atom stereocenters. The predicted octanol–water partition coefficient (Wildman–Crippen LogP) is 5.07. The second kappa shape index (κ2) is 11.3. The summed E-state index contributed by atoms with van der Waals surface area (Å²) in [5.41, 5.74) is 5.11. The molecule has 1 aromatic heterocycles. The molecule has 5 heteroatoms. The lowest BCUT2D eigenvalue weighted by Gasteiger charge is -2.26. The molecule has 0 aliphatic carbocycles. The average molecular weight is 453 g/mol. The first-order valence-corrected chi connectivity index (χ1v) is 11.2. The molecule has 170 valence electrons. The third kappa shape index (κ3) is 6.47. The highest BCUT2D eigenvalue weighted by Crippen LogP contribution is 2.24. The van der Waals surface area contributed by atoms with Gasteiger partial charge < -0.3 is 14.2 Å². The number of carbonyl (C=O) groups is 1. The molecule has 4 nitrogen and oxygen atoms in total. The topological polar surface area (TPSA) is 36.7 Å². The lowest BCUT2D eigenvalue weighted by Crippen LogP contribution is -2.35. The minimum atomic E-state index is 0. The summed E-state index contributed by atoms with van der Waals surface area (Å²) in [7, 11) is 4.07. The molecule has 4 rings (SSSR count). The zero-order valence-electron chi connectivity index (χ0n) is 19.0. The molecule has 2 aromatic carbocycles. The number of amides is 1. The summed E-state index contributed by atoms with van der Waals surface area (Å²) in [6, 6.07) is 21.4. The van der Waals surface area contributed by atoms with Crippen LogP contribution in [0.15, 0.2) is 65.1 Å². The molecule has 1 aliphatic heterocycles. The quantitative estimate of drug-likeness (QED) is 0.479. The second-order valence-electron chi connectivity index (χ2n) is 8.77. The van der Waals surface area contributed by atoms with Gasteiger partial charge in [0.15, 0.2) is 0 Å². The Morgan fingerprint density at radius 2 is 1.62 bits per heavy atom. The molecule has 0 N–H and O–H groups in total. The van der Waals surface area contributed by atoms with Crippen LogP contribution in [0, 0.1) is 0 Å². The molecule has 0 radical (unpaired) electrons. The molecule has 0 saturated carbocycles. The smallest absolute Gasteiger partial charge is 0.223 e. The van der Waals surface area contributed by atoms with Crippen LogP contribution in [0.4, 0.5) is 0 Å². The first-order chi connectivity index (χ1) is 15.1.